The van der Waals surface area contributed by atoms with Crippen LogP contribution in [0, 0.1) is 0 Å². The quantitative estimate of drug-likeness (QED) is 0.203. The maximum Gasteiger partial charge on any atom is 0.408 e. The fraction of sp³-hybridized carbons (Fsp3) is 0.519. The average Bonchev–Trinajstić information content (AvgIpc) is 2.95. The van der Waals surface area contributed by atoms with Crippen LogP contribution in [0.3, 0.4) is 0 Å². The fourth-order valence-corrected chi connectivity index (χ4v) is 3.96. The number of rotatable bonds is 12. The summed E-state index contributed by atoms with van der Waals surface area (Å²) in [5.74, 6) is -4.17. The molecule has 1 aliphatic heterocycles. The summed E-state index contributed by atoms with van der Waals surface area (Å²) >= 11 is 0. The van der Waals surface area contributed by atoms with E-state index in [0.29, 0.717) is 5.56 Å². The van der Waals surface area contributed by atoms with Gasteiger partial charge >= 0.3 is 42.0 Å². The Morgan fingerprint density at radius 3 is 1.95 bits per heavy atom. The Labute approximate surface area is 252 Å². The lowest BCUT2D eigenvalue weighted by molar-refractivity contribution is -0.255. The van der Waals surface area contributed by atoms with Gasteiger partial charge in [-0.25, -0.2) is 14.4 Å². The van der Waals surface area contributed by atoms with Crippen molar-refractivity contribution in [2.24, 2.45) is 0 Å². The Kier molecular flexibility index (Phi) is 13.8. The number of ether oxygens (including phenoxy) is 7. The van der Waals surface area contributed by atoms with Gasteiger partial charge in [0.1, 0.15) is 25.4 Å². The number of methoxy groups -OCH3 is 1. The van der Waals surface area contributed by atoms with Gasteiger partial charge in [-0.3, -0.25) is 19.2 Å². The molecule has 0 unspecified atom stereocenters. The first-order valence-corrected chi connectivity index (χ1v) is 13.2. The first-order valence-electron chi connectivity index (χ1n) is 13.2. The Bertz CT molecular complexity index is 1190. The molecule has 2 rings (SSSR count). The van der Waals surface area contributed by atoms with Gasteiger partial charge in [0.15, 0.2) is 24.5 Å². The van der Waals surface area contributed by atoms with Gasteiger partial charge in [0.25, 0.3) is 0 Å². The van der Waals surface area contributed by atoms with Crippen LogP contribution in [0.1, 0.15) is 33.3 Å². The predicted octanol–water partition coefficient (Wildman–Crippen LogP) is -0.163. The molecule has 0 bridgehead atoms. The van der Waals surface area contributed by atoms with Crippen LogP contribution in [0.5, 0.6) is 0 Å². The number of nitrogens with one attached hydrogen (secondary N) is 3. The van der Waals surface area contributed by atoms with E-state index in [-0.39, 0.29) is 6.61 Å². The van der Waals surface area contributed by atoms with E-state index in [9.17, 15) is 33.6 Å². The minimum absolute atomic E-state index is 0.0859. The van der Waals surface area contributed by atoms with Crippen LogP contribution in [0.15, 0.2) is 30.3 Å². The third-order valence-corrected chi connectivity index (χ3v) is 5.72. The molecular formula is C27H35N3O14. The van der Waals surface area contributed by atoms with Crippen LogP contribution in [-0.4, -0.2) is 98.9 Å². The molecule has 3 N–H and O–H groups in total. The number of alkyl carbamates (subject to hydrolysis) is 1. The fourth-order valence-electron chi connectivity index (χ4n) is 3.96. The highest BCUT2D eigenvalue weighted by Gasteiger charge is 2.52. The standard InChI is InChI=1S/C27H35N3O14/c1-14(31)39-13-20-21(41-15(2)32)22(42-16(3)33)23(43-17(4)34)24(44-20)30-26(36)28-11-19(25(35)38-5)29-27(37)40-12-18-9-7-6-8-10-18/h6-10,19-24H,11-13H2,1-5H3,(H,29,37)(H2,28,30,36)/t19-,20+,21+,22-,23+,24+/m0/s1. The Morgan fingerprint density at radius 1 is 0.795 bits per heavy atom. The van der Waals surface area contributed by atoms with Crippen LogP contribution in [0.25, 0.3) is 0 Å². The number of carbonyl (C=O) groups is 7. The van der Waals surface area contributed by atoms with Gasteiger partial charge < -0.3 is 49.1 Å². The molecule has 1 fully saturated rings. The van der Waals surface area contributed by atoms with Crippen LogP contribution in [0.2, 0.25) is 0 Å². The summed E-state index contributed by atoms with van der Waals surface area (Å²) < 4.78 is 36.4. The summed E-state index contributed by atoms with van der Waals surface area (Å²) in [7, 11) is 1.07. The van der Waals surface area contributed by atoms with Crippen molar-refractivity contribution in [3.63, 3.8) is 0 Å². The van der Waals surface area contributed by atoms with Gasteiger partial charge in [-0.1, -0.05) is 30.3 Å². The minimum Gasteiger partial charge on any atom is -0.467 e. The second-order valence-corrected chi connectivity index (χ2v) is 9.26. The minimum atomic E-state index is -1.56. The number of hydrogen-bond donors (Lipinski definition) is 3. The predicted molar refractivity (Wildman–Crippen MR) is 144 cm³/mol. The molecule has 0 aliphatic carbocycles. The maximum absolute atomic E-state index is 12.9. The molecule has 1 saturated heterocycles. The molecule has 0 spiro atoms. The maximum atomic E-state index is 12.9. The van der Waals surface area contributed by atoms with Gasteiger partial charge in [0.2, 0.25) is 0 Å². The summed E-state index contributed by atoms with van der Waals surface area (Å²) in [6.07, 6.45) is -8.31. The lowest BCUT2D eigenvalue weighted by Crippen LogP contribution is -2.67. The number of esters is 5. The van der Waals surface area contributed by atoms with Gasteiger partial charge in [-0.05, 0) is 5.56 Å². The first kappa shape index (κ1) is 35.3. The lowest BCUT2D eigenvalue weighted by Gasteiger charge is -2.44. The van der Waals surface area contributed by atoms with Crippen molar-refractivity contribution >= 4 is 42.0 Å². The van der Waals surface area contributed by atoms with E-state index >= 15 is 0 Å². The molecule has 1 heterocycles. The average molecular weight is 626 g/mol. The Hall–Kier alpha value is -4.93. The van der Waals surface area contributed by atoms with E-state index in [4.69, 9.17) is 28.4 Å². The van der Waals surface area contributed by atoms with Crippen molar-refractivity contribution in [3.8, 4) is 0 Å². The SMILES string of the molecule is COC(=O)[C@H](CNC(=O)N[C@@H]1O[C@H](COC(C)=O)[C@@H](OC(C)=O)[C@H](OC(C)=O)[C@H]1OC(C)=O)NC(=O)OCc1ccccc1. The van der Waals surface area contributed by atoms with Crippen LogP contribution in [0.4, 0.5) is 9.59 Å². The molecule has 0 saturated carbocycles. The van der Waals surface area contributed by atoms with Crippen molar-refractivity contribution in [1.29, 1.82) is 0 Å². The normalized spacial score (nSPS) is 21.3. The molecule has 242 valence electrons. The summed E-state index contributed by atoms with van der Waals surface area (Å²) in [4.78, 5) is 84.6. The molecule has 1 aromatic rings. The van der Waals surface area contributed by atoms with Crippen LogP contribution >= 0.6 is 0 Å². The Balaban J connectivity index is 2.18. The van der Waals surface area contributed by atoms with Gasteiger partial charge in [0.05, 0.1) is 13.7 Å². The van der Waals surface area contributed by atoms with Crippen LogP contribution in [-0.2, 0) is 63.7 Å². The molecule has 0 aromatic heterocycles. The van der Waals surface area contributed by atoms with E-state index in [1.54, 1.807) is 30.3 Å². The van der Waals surface area contributed by atoms with Gasteiger partial charge in [0, 0.05) is 27.7 Å². The third-order valence-electron chi connectivity index (χ3n) is 5.72. The number of hydrogen-bond acceptors (Lipinski definition) is 14. The zero-order valence-electron chi connectivity index (χ0n) is 24.7. The van der Waals surface area contributed by atoms with Crippen molar-refractivity contribution in [2.45, 2.75) is 71.0 Å². The highest BCUT2D eigenvalue weighted by molar-refractivity contribution is 5.82. The monoisotopic (exact) mass is 625 g/mol. The van der Waals surface area contributed by atoms with Gasteiger partial charge in [-0.2, -0.15) is 0 Å². The van der Waals surface area contributed by atoms with Crippen molar-refractivity contribution in [2.75, 3.05) is 20.3 Å². The van der Waals surface area contributed by atoms with Crippen molar-refractivity contribution in [3.05, 3.63) is 35.9 Å². The summed E-state index contributed by atoms with van der Waals surface area (Å²) in [5.41, 5.74) is 0.694. The van der Waals surface area contributed by atoms with E-state index in [0.717, 1.165) is 34.8 Å². The molecule has 3 amide bonds. The molecule has 17 nitrogen and oxygen atoms in total. The largest absolute Gasteiger partial charge is 0.467 e. The first-order chi connectivity index (χ1) is 20.8. The molecule has 1 aliphatic rings. The molecule has 17 heteroatoms. The zero-order chi connectivity index (χ0) is 32.8. The summed E-state index contributed by atoms with van der Waals surface area (Å²) in [6, 6.07) is 6.36. The molecule has 44 heavy (non-hydrogen) atoms. The number of carbonyl (C=O) groups excluding carboxylic acids is 7. The molecule has 6 atom stereocenters. The van der Waals surface area contributed by atoms with Crippen LogP contribution < -0.4 is 16.0 Å². The number of urea groups is 1. The second kappa shape index (κ2) is 17.3. The van der Waals surface area contributed by atoms with E-state index in [2.05, 4.69) is 20.7 Å². The zero-order valence-corrected chi connectivity index (χ0v) is 24.7. The molecular weight excluding hydrogens is 590 g/mol. The number of amides is 3. The van der Waals surface area contributed by atoms with E-state index in [1.807, 2.05) is 0 Å². The number of benzene rings is 1. The third kappa shape index (κ3) is 11.7. The smallest absolute Gasteiger partial charge is 0.408 e. The van der Waals surface area contributed by atoms with E-state index < -0.39 is 91.8 Å². The van der Waals surface area contributed by atoms with Crippen molar-refractivity contribution < 1.29 is 66.7 Å². The topological polar surface area (TPSA) is 220 Å². The highest BCUT2D eigenvalue weighted by Crippen LogP contribution is 2.28. The van der Waals surface area contributed by atoms with Gasteiger partial charge in [-0.15, -0.1) is 0 Å². The molecule has 0 radical (unpaired) electrons. The summed E-state index contributed by atoms with van der Waals surface area (Å²) in [6.45, 7) is 3.18. The Morgan fingerprint density at radius 2 is 1.39 bits per heavy atom. The second-order valence-electron chi connectivity index (χ2n) is 9.26. The lowest BCUT2D eigenvalue weighted by atomic mass is 9.97. The highest BCUT2D eigenvalue weighted by atomic mass is 16.7. The summed E-state index contributed by atoms with van der Waals surface area (Å²) in [5, 5.41) is 6.99. The molecule has 1 aromatic carbocycles. The van der Waals surface area contributed by atoms with E-state index in [1.165, 1.54) is 0 Å². The van der Waals surface area contributed by atoms with Crippen molar-refractivity contribution in [1.82, 2.24) is 16.0 Å².